The number of aliphatic hydroxyl groups excluding tert-OH is 1. The summed E-state index contributed by atoms with van der Waals surface area (Å²) in [6, 6.07) is 0. The van der Waals surface area contributed by atoms with E-state index < -0.39 is 5.60 Å². The third-order valence-corrected chi connectivity index (χ3v) is 10.3. The highest BCUT2D eigenvalue weighted by atomic mass is 16.3. The SMILES string of the molecule is C[C@]12CC[C@H](O)CC1=CC=C1[C@@H]2CC[C@@]2(C)[C@H]1CC[C@@]2(O)CN1CCCCCCC1. The first-order valence-corrected chi connectivity index (χ1v) is 12.9. The van der Waals surface area contributed by atoms with E-state index in [4.69, 9.17) is 0 Å². The summed E-state index contributed by atoms with van der Waals surface area (Å²) in [6.07, 6.45) is 18.7. The van der Waals surface area contributed by atoms with E-state index in [0.29, 0.717) is 11.8 Å². The normalized spacial score (nSPS) is 47.3. The van der Waals surface area contributed by atoms with Gasteiger partial charge in [-0.3, -0.25) is 0 Å². The fourth-order valence-electron chi connectivity index (χ4n) is 8.20. The van der Waals surface area contributed by atoms with Gasteiger partial charge in [-0.05, 0) is 88.1 Å². The van der Waals surface area contributed by atoms with Crippen LogP contribution < -0.4 is 0 Å². The molecule has 168 valence electrons. The van der Waals surface area contributed by atoms with Gasteiger partial charge in [0.1, 0.15) is 0 Å². The van der Waals surface area contributed by atoms with Crippen LogP contribution in [0, 0.1) is 22.7 Å². The molecule has 0 bridgehead atoms. The molecule has 5 aliphatic rings. The molecule has 3 saturated carbocycles. The molecule has 3 heteroatoms. The summed E-state index contributed by atoms with van der Waals surface area (Å²) in [4.78, 5) is 2.59. The van der Waals surface area contributed by atoms with E-state index in [0.717, 1.165) is 45.1 Å². The third-order valence-electron chi connectivity index (χ3n) is 10.3. The van der Waals surface area contributed by atoms with Gasteiger partial charge in [0.15, 0.2) is 0 Å². The Morgan fingerprint density at radius 3 is 2.37 bits per heavy atom. The Hall–Kier alpha value is -0.640. The summed E-state index contributed by atoms with van der Waals surface area (Å²) < 4.78 is 0. The fraction of sp³-hybridized carbons (Fsp3) is 0.852. The molecule has 1 heterocycles. The lowest BCUT2D eigenvalue weighted by Crippen LogP contribution is -2.56. The second kappa shape index (κ2) is 7.74. The minimum atomic E-state index is -0.545. The summed E-state index contributed by atoms with van der Waals surface area (Å²) in [7, 11) is 0. The molecule has 0 amide bonds. The minimum Gasteiger partial charge on any atom is -0.393 e. The number of allylic oxidation sites excluding steroid dienone is 3. The van der Waals surface area contributed by atoms with Crippen LogP contribution in [0.15, 0.2) is 23.3 Å². The predicted octanol–water partition coefficient (Wildman–Crippen LogP) is 5.23. The molecule has 0 aromatic carbocycles. The number of hydrogen-bond donors (Lipinski definition) is 2. The quantitative estimate of drug-likeness (QED) is 0.652. The Kier molecular flexibility index (Phi) is 5.48. The zero-order chi connectivity index (χ0) is 21.0. The molecule has 30 heavy (non-hydrogen) atoms. The monoisotopic (exact) mass is 413 g/mol. The molecule has 2 N–H and O–H groups in total. The van der Waals surface area contributed by atoms with Crippen LogP contribution >= 0.6 is 0 Å². The van der Waals surface area contributed by atoms with Crippen molar-refractivity contribution < 1.29 is 10.2 Å². The van der Waals surface area contributed by atoms with E-state index in [1.54, 1.807) is 5.57 Å². The van der Waals surface area contributed by atoms with Crippen molar-refractivity contribution in [3.8, 4) is 0 Å². The molecule has 6 atom stereocenters. The van der Waals surface area contributed by atoms with Crippen molar-refractivity contribution in [3.63, 3.8) is 0 Å². The molecule has 0 aromatic rings. The molecule has 0 spiro atoms. The van der Waals surface area contributed by atoms with Gasteiger partial charge in [-0.2, -0.15) is 0 Å². The van der Waals surface area contributed by atoms with Gasteiger partial charge in [-0.1, -0.05) is 56.4 Å². The molecular formula is C27H43NO2. The first-order chi connectivity index (χ1) is 14.4. The Bertz CT molecular complexity index is 720. The molecule has 0 radical (unpaired) electrons. The van der Waals surface area contributed by atoms with Crippen molar-refractivity contribution in [2.24, 2.45) is 22.7 Å². The number of fused-ring (bicyclic) bond motifs is 5. The van der Waals surface area contributed by atoms with Crippen LogP contribution in [0.5, 0.6) is 0 Å². The van der Waals surface area contributed by atoms with Crippen molar-refractivity contribution in [3.05, 3.63) is 23.3 Å². The zero-order valence-corrected chi connectivity index (χ0v) is 19.3. The topological polar surface area (TPSA) is 43.7 Å². The summed E-state index contributed by atoms with van der Waals surface area (Å²) in [5, 5.41) is 22.3. The molecular weight excluding hydrogens is 370 g/mol. The lowest BCUT2D eigenvalue weighted by atomic mass is 9.50. The third kappa shape index (κ3) is 3.26. The maximum absolute atomic E-state index is 12.1. The summed E-state index contributed by atoms with van der Waals surface area (Å²) >= 11 is 0. The lowest BCUT2D eigenvalue weighted by molar-refractivity contribution is -0.102. The smallest absolute Gasteiger partial charge is 0.0833 e. The molecule has 1 saturated heterocycles. The Labute approximate surface area is 183 Å². The number of β-amino-alcohol motifs (C(OH)–C–C–N with tert-alkyl or cyclic N) is 1. The molecule has 1 aliphatic heterocycles. The highest BCUT2D eigenvalue weighted by Gasteiger charge is 2.62. The van der Waals surface area contributed by atoms with Crippen molar-refractivity contribution in [1.29, 1.82) is 0 Å². The van der Waals surface area contributed by atoms with E-state index in [-0.39, 0.29) is 16.9 Å². The van der Waals surface area contributed by atoms with E-state index >= 15 is 0 Å². The summed E-state index contributed by atoms with van der Waals surface area (Å²) in [5.74, 6) is 1.14. The van der Waals surface area contributed by atoms with Gasteiger partial charge in [0.25, 0.3) is 0 Å². The molecule has 0 unspecified atom stereocenters. The van der Waals surface area contributed by atoms with Gasteiger partial charge in [0.2, 0.25) is 0 Å². The van der Waals surface area contributed by atoms with Crippen molar-refractivity contribution >= 4 is 0 Å². The minimum absolute atomic E-state index is 0.00752. The lowest BCUT2D eigenvalue weighted by Gasteiger charge is -2.56. The highest BCUT2D eigenvalue weighted by molar-refractivity contribution is 5.39. The van der Waals surface area contributed by atoms with E-state index in [9.17, 15) is 10.2 Å². The molecule has 5 rings (SSSR count). The van der Waals surface area contributed by atoms with Crippen LogP contribution in [-0.4, -0.2) is 46.5 Å². The van der Waals surface area contributed by atoms with Crippen LogP contribution in [0.25, 0.3) is 0 Å². The highest BCUT2D eigenvalue weighted by Crippen LogP contribution is 2.66. The largest absolute Gasteiger partial charge is 0.393 e. The van der Waals surface area contributed by atoms with Crippen molar-refractivity contribution in [2.75, 3.05) is 19.6 Å². The van der Waals surface area contributed by atoms with Gasteiger partial charge < -0.3 is 15.1 Å². The fourth-order valence-corrected chi connectivity index (χ4v) is 8.20. The predicted molar refractivity (Wildman–Crippen MR) is 122 cm³/mol. The number of nitrogens with zero attached hydrogens (tertiary/aromatic N) is 1. The molecule has 3 nitrogen and oxygen atoms in total. The number of aliphatic hydroxyl groups is 2. The van der Waals surface area contributed by atoms with Crippen LogP contribution in [0.3, 0.4) is 0 Å². The molecule has 0 aromatic heterocycles. The number of rotatable bonds is 2. The second-order valence-corrected chi connectivity index (χ2v) is 11.8. The molecule has 4 aliphatic carbocycles. The van der Waals surface area contributed by atoms with Crippen LogP contribution in [0.4, 0.5) is 0 Å². The maximum Gasteiger partial charge on any atom is 0.0833 e. The first-order valence-electron chi connectivity index (χ1n) is 12.9. The van der Waals surface area contributed by atoms with Crippen LogP contribution in [0.1, 0.15) is 90.9 Å². The van der Waals surface area contributed by atoms with Crippen LogP contribution in [0.2, 0.25) is 0 Å². The number of hydrogen-bond acceptors (Lipinski definition) is 3. The maximum atomic E-state index is 12.1. The van der Waals surface area contributed by atoms with Crippen LogP contribution in [-0.2, 0) is 0 Å². The van der Waals surface area contributed by atoms with E-state index in [1.165, 1.54) is 57.2 Å². The number of likely N-dealkylation sites (tertiary alicyclic amines) is 1. The van der Waals surface area contributed by atoms with Gasteiger partial charge >= 0.3 is 0 Å². The summed E-state index contributed by atoms with van der Waals surface area (Å²) in [5.41, 5.74) is 2.81. The van der Waals surface area contributed by atoms with E-state index in [2.05, 4.69) is 30.9 Å². The Morgan fingerprint density at radius 1 is 0.900 bits per heavy atom. The van der Waals surface area contributed by atoms with Gasteiger partial charge in [0.05, 0.1) is 11.7 Å². The Morgan fingerprint density at radius 2 is 1.60 bits per heavy atom. The molecule has 4 fully saturated rings. The van der Waals surface area contributed by atoms with Crippen molar-refractivity contribution in [2.45, 2.75) is 103 Å². The standard InChI is InChI=1S/C27H43NO2/c1-25-13-10-21(29)18-20(25)8-9-22-23(25)11-14-26(2)24(22)12-15-27(26,30)19-28-16-6-4-3-5-7-17-28/h8-9,21,23-24,29-30H,3-7,10-19H2,1-2H3/t21-,23-,24-,25-,26-,27+/m0/s1. The second-order valence-electron chi connectivity index (χ2n) is 11.8. The zero-order valence-electron chi connectivity index (χ0n) is 19.3. The average Bonchev–Trinajstić information content (AvgIpc) is 2.95. The first kappa shape index (κ1) is 21.2. The summed E-state index contributed by atoms with van der Waals surface area (Å²) in [6.45, 7) is 8.09. The van der Waals surface area contributed by atoms with Gasteiger partial charge in [-0.25, -0.2) is 0 Å². The van der Waals surface area contributed by atoms with Gasteiger partial charge in [-0.15, -0.1) is 0 Å². The Balaban J connectivity index is 1.39. The van der Waals surface area contributed by atoms with Gasteiger partial charge in [0, 0.05) is 12.0 Å². The average molecular weight is 414 g/mol. The van der Waals surface area contributed by atoms with Crippen molar-refractivity contribution in [1.82, 2.24) is 4.90 Å². The van der Waals surface area contributed by atoms with E-state index in [1.807, 2.05) is 0 Å².